The monoisotopic (exact) mass is 1010 g/mol. The Bertz CT molecular complexity index is 2990. The second kappa shape index (κ2) is 24.8. The Morgan fingerprint density at radius 1 is 0.500 bits per heavy atom. The molecule has 0 aliphatic carbocycles. The van der Waals surface area contributed by atoms with E-state index < -0.39 is 11.8 Å². The number of benzene rings is 4. The van der Waals surface area contributed by atoms with Crippen LogP contribution in [0.3, 0.4) is 0 Å². The minimum absolute atomic E-state index is 0.0484. The second-order valence-corrected chi connectivity index (χ2v) is 19.4. The number of aromatic nitrogens is 6. The largest absolute Gasteiger partial charge is 0.361 e. The summed E-state index contributed by atoms with van der Waals surface area (Å²) in [6.45, 7) is 16.5. The van der Waals surface area contributed by atoms with Gasteiger partial charge in [0.2, 0.25) is 23.6 Å². The highest BCUT2D eigenvalue weighted by Gasteiger charge is 2.32. The zero-order valence-electron chi connectivity index (χ0n) is 43.5. The maximum Gasteiger partial charge on any atom is 0.236 e. The van der Waals surface area contributed by atoms with E-state index >= 15 is 0 Å². The first-order valence-electron chi connectivity index (χ1n) is 25.2. The lowest BCUT2D eigenvalue weighted by Gasteiger charge is -2.29. The first-order chi connectivity index (χ1) is 35.5. The van der Waals surface area contributed by atoms with Crippen LogP contribution in [0.1, 0.15) is 104 Å². The number of hydrogen-bond donors (Lipinski definition) is 2. The van der Waals surface area contributed by atoms with Crippen molar-refractivity contribution >= 4 is 46.6 Å². The van der Waals surface area contributed by atoms with Gasteiger partial charge in [0.05, 0.1) is 49.1 Å². The highest BCUT2D eigenvalue weighted by Crippen LogP contribution is 2.43. The lowest BCUT2D eigenvalue weighted by atomic mass is 9.95. The Morgan fingerprint density at radius 3 is 1.35 bits per heavy atom. The van der Waals surface area contributed by atoms with E-state index in [-0.39, 0.29) is 86.8 Å². The number of para-hydroxylation sites is 2. The van der Waals surface area contributed by atoms with Crippen LogP contribution in [0.2, 0.25) is 0 Å². The molecule has 0 unspecified atom stereocenters. The summed E-state index contributed by atoms with van der Waals surface area (Å²) in [5.41, 5.74) is 9.93. The van der Waals surface area contributed by atoms with Gasteiger partial charge in [-0.05, 0) is 51.0 Å². The molecule has 18 heteroatoms. The summed E-state index contributed by atoms with van der Waals surface area (Å²) in [4.78, 5) is 78.8. The van der Waals surface area contributed by atoms with Crippen molar-refractivity contribution in [3.63, 3.8) is 0 Å². The molecule has 4 aromatic carbocycles. The van der Waals surface area contributed by atoms with E-state index in [1.54, 1.807) is 9.80 Å². The van der Waals surface area contributed by atoms with Crippen molar-refractivity contribution in [2.75, 3.05) is 36.5 Å². The molecule has 2 aliphatic heterocycles. The lowest BCUT2D eigenvalue weighted by Crippen LogP contribution is -2.37. The number of amides is 4. The zero-order chi connectivity index (χ0) is 53.1. The highest BCUT2D eigenvalue weighted by atomic mass is 16.5. The topological polar surface area (TPSA) is 213 Å². The molecule has 0 spiro atoms. The molecule has 0 bridgehead atoms. The molecule has 2 aliphatic rings. The maximum absolute atomic E-state index is 13.5. The van der Waals surface area contributed by atoms with Crippen LogP contribution in [-0.4, -0.2) is 91.9 Å². The van der Waals surface area contributed by atoms with E-state index in [2.05, 4.69) is 45.1 Å². The molecule has 0 atom stereocenters. The van der Waals surface area contributed by atoms with Gasteiger partial charge in [-0.3, -0.25) is 28.8 Å². The molecule has 0 saturated heterocycles. The van der Waals surface area contributed by atoms with Crippen LogP contribution < -0.4 is 20.4 Å². The van der Waals surface area contributed by atoms with Gasteiger partial charge in [-0.1, -0.05) is 123 Å². The molecular formula is C56H66N10O8. The number of anilines is 2. The molecule has 0 fully saturated rings. The van der Waals surface area contributed by atoms with Gasteiger partial charge in [-0.25, -0.2) is 9.36 Å². The summed E-state index contributed by atoms with van der Waals surface area (Å²) in [6, 6.07) is 31.1. The Labute approximate surface area is 431 Å². The number of nitrogens with one attached hydrogen (secondary N) is 2. The van der Waals surface area contributed by atoms with Gasteiger partial charge >= 0.3 is 0 Å². The highest BCUT2D eigenvalue weighted by molar-refractivity contribution is 6.08. The Balaban J connectivity index is 0.000000216. The molecule has 2 N–H and O–H groups in total. The molecule has 0 radical (unpaired) electrons. The Kier molecular flexibility index (Phi) is 18.1. The molecule has 0 saturated carbocycles. The second-order valence-electron chi connectivity index (χ2n) is 19.4. The lowest BCUT2D eigenvalue weighted by molar-refractivity contribution is -0.131. The van der Waals surface area contributed by atoms with Crippen molar-refractivity contribution in [2.45, 2.75) is 106 Å². The average molecular weight is 1010 g/mol. The van der Waals surface area contributed by atoms with Gasteiger partial charge in [0.1, 0.15) is 49.3 Å². The quantitative estimate of drug-likeness (QED) is 0.0473. The minimum atomic E-state index is -0.445. The SMILES string of the molecule is CC(C)C(=O)CCOCNC(=O)CC(=O)N1Cc2ccccc2-c2c(nnn2C(C)C)-c2ccccc21.CC(C)C(=O)CCOCNC(=O)CC(=O)N1Cc2ccccc2-c2nnn(C(C)C)c2-c2ccccc21. The number of hydrogen-bond acceptors (Lipinski definition) is 12. The number of nitrogens with zero attached hydrogens (tertiary/aromatic N) is 8. The van der Waals surface area contributed by atoms with E-state index in [1.165, 1.54) is 0 Å². The van der Waals surface area contributed by atoms with E-state index in [0.717, 1.165) is 50.5 Å². The van der Waals surface area contributed by atoms with Gasteiger partial charge in [-0.15, -0.1) is 10.2 Å². The third-order valence-electron chi connectivity index (χ3n) is 12.7. The average Bonchev–Trinajstić information content (AvgIpc) is 4.02. The standard InChI is InChI=1S/2C28H33N5O4/c1-18(2)24(34)13-14-37-17-29-25(35)15-26(36)32-16-20-9-5-6-10-21(20)28-27(30-31-33(28)19(3)4)22-11-7-8-12-23(22)32;1-18(2)24(34)13-14-37-17-29-25(35)15-26(36)32-16-20-9-5-6-10-21(20)27-28(33(19(3)4)31-30-27)22-11-7-8-12-23(22)32/h2*5-12,18-19H,13-17H2,1-4H3,(H,29,35). The summed E-state index contributed by atoms with van der Waals surface area (Å²) in [6.07, 6.45) is -0.0875. The van der Waals surface area contributed by atoms with E-state index in [9.17, 15) is 28.8 Å². The predicted molar refractivity (Wildman–Crippen MR) is 281 cm³/mol. The van der Waals surface area contributed by atoms with E-state index in [4.69, 9.17) is 9.47 Å². The minimum Gasteiger partial charge on any atom is -0.361 e. The summed E-state index contributed by atoms with van der Waals surface area (Å²) in [5, 5.41) is 23.1. The van der Waals surface area contributed by atoms with Crippen molar-refractivity contribution in [1.29, 1.82) is 0 Å². The van der Waals surface area contributed by atoms with Gasteiger partial charge < -0.3 is 29.9 Å². The molecule has 2 aromatic heterocycles. The number of carbonyl (C=O) groups excluding carboxylic acids is 6. The van der Waals surface area contributed by atoms with Gasteiger partial charge in [0, 0.05) is 59.0 Å². The summed E-state index contributed by atoms with van der Waals surface area (Å²) < 4.78 is 14.5. The third-order valence-corrected chi connectivity index (χ3v) is 12.7. The molecule has 4 heterocycles. The molecule has 18 nitrogen and oxygen atoms in total. The number of fused-ring (bicyclic) bond motifs is 10. The number of ether oxygens (including phenoxy) is 2. The molecule has 8 rings (SSSR count). The van der Waals surface area contributed by atoms with E-state index in [1.807, 2.05) is 148 Å². The van der Waals surface area contributed by atoms with Crippen LogP contribution in [0.15, 0.2) is 97.1 Å². The fourth-order valence-electron chi connectivity index (χ4n) is 8.65. The van der Waals surface area contributed by atoms with Crippen LogP contribution in [0.25, 0.3) is 45.0 Å². The maximum atomic E-state index is 13.5. The fourth-order valence-corrected chi connectivity index (χ4v) is 8.65. The van der Waals surface area contributed by atoms with Crippen molar-refractivity contribution in [1.82, 2.24) is 40.6 Å². The molecule has 388 valence electrons. The smallest absolute Gasteiger partial charge is 0.236 e. The first kappa shape index (κ1) is 54.1. The first-order valence-corrected chi connectivity index (χ1v) is 25.2. The number of rotatable bonds is 18. The van der Waals surface area contributed by atoms with Gasteiger partial charge in [-0.2, -0.15) is 0 Å². The van der Waals surface area contributed by atoms with Crippen molar-refractivity contribution in [2.24, 2.45) is 11.8 Å². The fraction of sp³-hybridized carbons (Fsp3) is 0.393. The zero-order valence-corrected chi connectivity index (χ0v) is 43.5. The van der Waals surface area contributed by atoms with Crippen LogP contribution in [0.4, 0.5) is 11.4 Å². The van der Waals surface area contributed by atoms with Gasteiger partial charge in [0.25, 0.3) is 0 Å². The van der Waals surface area contributed by atoms with Crippen LogP contribution >= 0.6 is 0 Å². The summed E-state index contributed by atoms with van der Waals surface area (Å²) in [7, 11) is 0. The van der Waals surface area contributed by atoms with Crippen LogP contribution in [0.5, 0.6) is 0 Å². The number of ketones is 2. The molecule has 6 aromatic rings. The van der Waals surface area contributed by atoms with Crippen LogP contribution in [-0.2, 0) is 51.3 Å². The van der Waals surface area contributed by atoms with E-state index in [0.29, 0.717) is 43.0 Å². The molecule has 74 heavy (non-hydrogen) atoms. The molecule has 4 amide bonds. The van der Waals surface area contributed by atoms with Gasteiger partial charge in [0.15, 0.2) is 0 Å². The molecular weight excluding hydrogens is 941 g/mol. The third kappa shape index (κ3) is 12.7. The van der Waals surface area contributed by atoms with Crippen molar-refractivity contribution in [3.05, 3.63) is 108 Å². The van der Waals surface area contributed by atoms with Crippen molar-refractivity contribution in [3.8, 4) is 45.0 Å². The Morgan fingerprint density at radius 2 is 0.878 bits per heavy atom. The van der Waals surface area contributed by atoms with Crippen molar-refractivity contribution < 1.29 is 38.2 Å². The summed E-state index contributed by atoms with van der Waals surface area (Å²) >= 11 is 0. The van der Waals surface area contributed by atoms with Crippen LogP contribution in [0, 0.1) is 11.8 Å². The number of carbonyl (C=O) groups is 6. The Hall–Kier alpha value is -7.70. The number of Topliss-reactive ketones (excluding diaryl/α,β-unsaturated/α-hetero) is 2. The predicted octanol–water partition coefficient (Wildman–Crippen LogP) is 8.27. The summed E-state index contributed by atoms with van der Waals surface area (Å²) in [5.74, 6) is -1.44. The normalized spacial score (nSPS) is 12.4.